The van der Waals surface area contributed by atoms with Gasteiger partial charge in [0.1, 0.15) is 12.5 Å². The van der Waals surface area contributed by atoms with E-state index in [4.69, 9.17) is 5.73 Å². The van der Waals surface area contributed by atoms with Crippen molar-refractivity contribution < 1.29 is 4.79 Å². The van der Waals surface area contributed by atoms with Crippen LogP contribution in [0.3, 0.4) is 0 Å². The molecular formula is C22H33N5O. The Kier molecular flexibility index (Phi) is 9.71. The molecule has 1 heterocycles. The van der Waals surface area contributed by atoms with E-state index in [0.717, 1.165) is 34.7 Å². The van der Waals surface area contributed by atoms with Crippen molar-refractivity contribution in [1.29, 1.82) is 0 Å². The molecule has 0 bridgehead atoms. The molecule has 4 N–H and O–H groups in total. The van der Waals surface area contributed by atoms with Crippen LogP contribution < -0.4 is 16.4 Å². The number of pyridine rings is 1. The van der Waals surface area contributed by atoms with Crippen molar-refractivity contribution in [2.45, 2.75) is 54.0 Å². The number of hydrogen-bond donors (Lipinski definition) is 3. The minimum atomic E-state index is -0.0959. The van der Waals surface area contributed by atoms with E-state index in [-0.39, 0.29) is 5.91 Å². The smallest absolute Gasteiger partial charge is 0.247 e. The lowest BCUT2D eigenvalue weighted by molar-refractivity contribution is -0.117. The van der Waals surface area contributed by atoms with E-state index in [1.54, 1.807) is 6.08 Å². The Bertz CT molecular complexity index is 767. The van der Waals surface area contributed by atoms with Crippen molar-refractivity contribution in [2.24, 2.45) is 4.99 Å². The number of nitrogens with one attached hydrogen (secondary N) is 2. The number of anilines is 1. The molecular weight excluding hydrogens is 350 g/mol. The number of hydrogen-bond acceptors (Lipinski definition) is 5. The normalized spacial score (nSPS) is 12.7. The Morgan fingerprint density at radius 3 is 2.57 bits per heavy atom. The number of nitrogens with zero attached hydrogens (tertiary/aromatic N) is 2. The molecule has 0 unspecified atom stereocenters. The van der Waals surface area contributed by atoms with E-state index in [1.165, 1.54) is 0 Å². The number of carbonyl (C=O) groups is 1. The lowest BCUT2D eigenvalue weighted by Crippen LogP contribution is -2.26. The Morgan fingerprint density at radius 1 is 1.29 bits per heavy atom. The molecule has 0 aliphatic heterocycles. The molecule has 1 rings (SSSR count). The zero-order valence-corrected chi connectivity index (χ0v) is 17.7. The van der Waals surface area contributed by atoms with Crippen molar-refractivity contribution >= 4 is 17.4 Å². The predicted molar refractivity (Wildman–Crippen MR) is 118 cm³/mol. The molecule has 1 aromatic heterocycles. The van der Waals surface area contributed by atoms with E-state index in [0.29, 0.717) is 31.0 Å². The summed E-state index contributed by atoms with van der Waals surface area (Å²) in [6, 6.07) is 1.82. The van der Waals surface area contributed by atoms with Crippen LogP contribution in [-0.2, 0) is 11.3 Å². The summed E-state index contributed by atoms with van der Waals surface area (Å²) in [6.45, 7) is 14.4. The number of nitrogen functional groups attached to an aromatic ring is 1. The molecule has 0 aliphatic carbocycles. The standard InChI is InChI=1S/C22H33N5O/c1-7-10-19(9-3)26-14-25-16(5)12-18(8-2)22(28)24-13-20-15(4)11-21(23)27-17(20)6/h7,10-12,26H,1,8-9,13-14H2,2-6H3,(H2,23,27)(H,24,28)/b18-12+,19-10+,25-16?. The molecule has 0 spiro atoms. The number of rotatable bonds is 10. The number of aryl methyl sites for hydroxylation is 2. The Labute approximate surface area is 168 Å². The van der Waals surface area contributed by atoms with Gasteiger partial charge in [0.25, 0.3) is 0 Å². The van der Waals surface area contributed by atoms with Crippen molar-refractivity contribution in [2.75, 3.05) is 12.4 Å². The second-order valence-electron chi connectivity index (χ2n) is 6.55. The van der Waals surface area contributed by atoms with Crippen molar-refractivity contribution in [3.8, 4) is 0 Å². The molecule has 152 valence electrons. The highest BCUT2D eigenvalue weighted by Gasteiger charge is 2.11. The fourth-order valence-corrected chi connectivity index (χ4v) is 2.77. The molecule has 0 saturated carbocycles. The molecule has 1 amide bonds. The van der Waals surface area contributed by atoms with Gasteiger partial charge in [0.2, 0.25) is 5.91 Å². The molecule has 0 aromatic carbocycles. The summed E-state index contributed by atoms with van der Waals surface area (Å²) in [5, 5.41) is 6.22. The monoisotopic (exact) mass is 383 g/mol. The second-order valence-corrected chi connectivity index (χ2v) is 6.55. The van der Waals surface area contributed by atoms with E-state index in [1.807, 2.05) is 45.9 Å². The van der Waals surface area contributed by atoms with Crippen LogP contribution in [0.5, 0.6) is 0 Å². The summed E-state index contributed by atoms with van der Waals surface area (Å²) in [5.74, 6) is 0.398. The van der Waals surface area contributed by atoms with Crippen LogP contribution in [0, 0.1) is 13.8 Å². The molecule has 0 saturated heterocycles. The van der Waals surface area contributed by atoms with Gasteiger partial charge in [-0.3, -0.25) is 9.79 Å². The minimum absolute atomic E-state index is 0.0959. The van der Waals surface area contributed by atoms with E-state index >= 15 is 0 Å². The van der Waals surface area contributed by atoms with Crippen LogP contribution >= 0.6 is 0 Å². The van der Waals surface area contributed by atoms with E-state index < -0.39 is 0 Å². The Hall–Kier alpha value is -2.89. The first-order chi connectivity index (χ1) is 13.3. The first kappa shape index (κ1) is 23.1. The van der Waals surface area contributed by atoms with Gasteiger partial charge in [-0.1, -0.05) is 26.5 Å². The maximum Gasteiger partial charge on any atom is 0.247 e. The highest BCUT2D eigenvalue weighted by Crippen LogP contribution is 2.14. The SMILES string of the molecule is C=C/C=C(\CC)NCN=C(C)/C=C(\CC)C(=O)NCc1c(C)cc(N)nc1C. The lowest BCUT2D eigenvalue weighted by Gasteiger charge is -2.12. The topological polar surface area (TPSA) is 92.4 Å². The Morgan fingerprint density at radius 2 is 2.00 bits per heavy atom. The zero-order chi connectivity index (χ0) is 21.1. The molecule has 1 aromatic rings. The fraction of sp³-hybridized carbons (Fsp3) is 0.409. The van der Waals surface area contributed by atoms with Gasteiger partial charge in [0, 0.05) is 29.2 Å². The summed E-state index contributed by atoms with van der Waals surface area (Å²) in [5.41, 5.74) is 11.2. The van der Waals surface area contributed by atoms with Gasteiger partial charge in [-0.15, -0.1) is 0 Å². The maximum atomic E-state index is 12.6. The van der Waals surface area contributed by atoms with Gasteiger partial charge >= 0.3 is 0 Å². The second kappa shape index (κ2) is 11.7. The van der Waals surface area contributed by atoms with Gasteiger partial charge in [0.15, 0.2) is 0 Å². The highest BCUT2D eigenvalue weighted by atomic mass is 16.1. The molecule has 0 aliphatic rings. The molecule has 28 heavy (non-hydrogen) atoms. The van der Waals surface area contributed by atoms with Crippen LogP contribution in [0.1, 0.15) is 50.4 Å². The van der Waals surface area contributed by atoms with Crippen molar-refractivity contribution in [3.63, 3.8) is 0 Å². The van der Waals surface area contributed by atoms with Gasteiger partial charge in [-0.2, -0.15) is 0 Å². The lowest BCUT2D eigenvalue weighted by atomic mass is 10.1. The Balaban J connectivity index is 2.75. The molecule has 0 radical (unpaired) electrons. The first-order valence-electron chi connectivity index (χ1n) is 9.60. The van der Waals surface area contributed by atoms with E-state index in [2.05, 4.69) is 34.1 Å². The van der Waals surface area contributed by atoms with Crippen LogP contribution in [0.2, 0.25) is 0 Å². The highest BCUT2D eigenvalue weighted by molar-refractivity contribution is 6.03. The summed E-state index contributed by atoms with van der Waals surface area (Å²) in [6.07, 6.45) is 7.03. The van der Waals surface area contributed by atoms with Gasteiger partial charge in [0.05, 0.1) is 0 Å². The maximum absolute atomic E-state index is 12.6. The summed E-state index contributed by atoms with van der Waals surface area (Å²) < 4.78 is 0. The average molecular weight is 384 g/mol. The number of aromatic nitrogens is 1. The summed E-state index contributed by atoms with van der Waals surface area (Å²) in [4.78, 5) is 21.3. The van der Waals surface area contributed by atoms with Gasteiger partial charge in [-0.25, -0.2) is 4.98 Å². The summed E-state index contributed by atoms with van der Waals surface area (Å²) >= 11 is 0. The number of carbonyl (C=O) groups excluding carboxylic acids is 1. The summed E-state index contributed by atoms with van der Waals surface area (Å²) in [7, 11) is 0. The molecule has 0 atom stereocenters. The van der Waals surface area contributed by atoms with E-state index in [9.17, 15) is 4.79 Å². The molecule has 0 fully saturated rings. The van der Waals surface area contributed by atoms with Gasteiger partial charge < -0.3 is 16.4 Å². The van der Waals surface area contributed by atoms with Gasteiger partial charge in [-0.05, 0) is 63.0 Å². The third-order valence-corrected chi connectivity index (χ3v) is 4.39. The predicted octanol–water partition coefficient (Wildman–Crippen LogP) is 3.72. The minimum Gasteiger partial charge on any atom is -0.384 e. The van der Waals surface area contributed by atoms with Crippen LogP contribution in [0.15, 0.2) is 47.1 Å². The number of nitrogens with two attached hydrogens (primary N) is 1. The molecule has 6 heteroatoms. The number of amides is 1. The third kappa shape index (κ3) is 7.39. The third-order valence-electron chi connectivity index (χ3n) is 4.39. The van der Waals surface area contributed by atoms with Crippen LogP contribution in [0.25, 0.3) is 0 Å². The fourth-order valence-electron chi connectivity index (χ4n) is 2.77. The van der Waals surface area contributed by atoms with Crippen LogP contribution in [-0.4, -0.2) is 23.3 Å². The molecule has 6 nitrogen and oxygen atoms in total. The zero-order valence-electron chi connectivity index (χ0n) is 17.7. The first-order valence-corrected chi connectivity index (χ1v) is 9.60. The quantitative estimate of drug-likeness (QED) is 0.326. The largest absolute Gasteiger partial charge is 0.384 e. The number of allylic oxidation sites excluding steroid dienone is 4. The van der Waals surface area contributed by atoms with Crippen molar-refractivity contribution in [1.82, 2.24) is 15.6 Å². The van der Waals surface area contributed by atoms with Crippen LogP contribution in [0.4, 0.5) is 5.82 Å². The number of aliphatic imine (C=N–C) groups is 1. The van der Waals surface area contributed by atoms with Crippen molar-refractivity contribution in [3.05, 3.63) is 59.0 Å². The average Bonchev–Trinajstić information content (AvgIpc) is 2.64.